The first-order chi connectivity index (χ1) is 14.6. The van der Waals surface area contributed by atoms with Crippen molar-refractivity contribution in [2.45, 2.75) is 33.0 Å². The molecular formula is C21H23F3N6O. The molecule has 0 aliphatic heterocycles. The van der Waals surface area contributed by atoms with Crippen LogP contribution in [0.3, 0.4) is 0 Å². The molecule has 1 amide bonds. The highest BCUT2D eigenvalue weighted by molar-refractivity contribution is 6.00. The van der Waals surface area contributed by atoms with E-state index in [1.54, 1.807) is 22.9 Å². The van der Waals surface area contributed by atoms with E-state index in [2.05, 4.69) is 26.0 Å². The molecule has 7 nitrogen and oxygen atoms in total. The van der Waals surface area contributed by atoms with E-state index in [1.807, 2.05) is 20.8 Å². The number of halogens is 3. The number of rotatable bonds is 6. The molecule has 10 heteroatoms. The third-order valence-corrected chi connectivity index (χ3v) is 4.48. The minimum absolute atomic E-state index is 0.0441. The van der Waals surface area contributed by atoms with Crippen LogP contribution in [0, 0.1) is 6.92 Å². The molecule has 0 unspecified atom stereocenters. The number of carbonyl (C=O) groups is 1. The average Bonchev–Trinajstić information content (AvgIpc) is 3.07. The predicted molar refractivity (Wildman–Crippen MR) is 113 cm³/mol. The van der Waals surface area contributed by atoms with Gasteiger partial charge < -0.3 is 16.0 Å². The number of nitrogens with one attached hydrogen (secondary N) is 3. The van der Waals surface area contributed by atoms with Gasteiger partial charge in [-0.3, -0.25) is 4.79 Å². The fourth-order valence-electron chi connectivity index (χ4n) is 3.06. The summed E-state index contributed by atoms with van der Waals surface area (Å²) in [7, 11) is 1.45. The minimum Gasteiger partial charge on any atom is -0.355 e. The number of nitrogens with zero attached hydrogens (tertiary/aromatic N) is 3. The lowest BCUT2D eigenvalue weighted by molar-refractivity contribution is -0.137. The summed E-state index contributed by atoms with van der Waals surface area (Å²) in [4.78, 5) is 16.0. The summed E-state index contributed by atoms with van der Waals surface area (Å²) in [5.41, 5.74) is 0.0541. The van der Waals surface area contributed by atoms with Crippen molar-refractivity contribution in [1.29, 1.82) is 0 Å². The van der Waals surface area contributed by atoms with Gasteiger partial charge in [-0.1, -0.05) is 12.1 Å². The van der Waals surface area contributed by atoms with E-state index >= 15 is 0 Å². The van der Waals surface area contributed by atoms with Gasteiger partial charge >= 0.3 is 6.18 Å². The van der Waals surface area contributed by atoms with Gasteiger partial charge in [-0.25, -0.2) is 9.67 Å². The van der Waals surface area contributed by atoms with Crippen molar-refractivity contribution in [3.63, 3.8) is 0 Å². The maximum Gasteiger partial charge on any atom is 0.419 e. The summed E-state index contributed by atoms with van der Waals surface area (Å²) < 4.78 is 42.6. The normalized spacial score (nSPS) is 11.5. The van der Waals surface area contributed by atoms with Crippen molar-refractivity contribution < 1.29 is 18.0 Å². The molecule has 3 aromatic rings. The highest BCUT2D eigenvalue weighted by Gasteiger charge is 2.34. The van der Waals surface area contributed by atoms with Gasteiger partial charge in [-0.05, 0) is 32.9 Å². The zero-order valence-electron chi connectivity index (χ0n) is 17.5. The van der Waals surface area contributed by atoms with E-state index < -0.39 is 17.6 Å². The summed E-state index contributed by atoms with van der Waals surface area (Å²) in [6.45, 7) is 5.72. The molecule has 0 aliphatic carbocycles. The molecule has 0 saturated heterocycles. The SMILES string of the molecule is CNC(=O)c1ccccc1Nc1cc(Nc2cc(C)nn2C(C)C)ncc1C(F)(F)F. The number of benzene rings is 1. The van der Waals surface area contributed by atoms with Gasteiger partial charge in [0.1, 0.15) is 11.6 Å². The minimum atomic E-state index is -4.63. The van der Waals surface area contributed by atoms with Crippen molar-refractivity contribution in [1.82, 2.24) is 20.1 Å². The van der Waals surface area contributed by atoms with Gasteiger partial charge in [0, 0.05) is 31.4 Å². The lowest BCUT2D eigenvalue weighted by atomic mass is 10.1. The van der Waals surface area contributed by atoms with Crippen molar-refractivity contribution in [3.05, 3.63) is 59.4 Å². The Morgan fingerprint density at radius 3 is 2.45 bits per heavy atom. The number of para-hydroxylation sites is 1. The number of amides is 1. The number of hydrogen-bond donors (Lipinski definition) is 3. The van der Waals surface area contributed by atoms with Crippen molar-refractivity contribution in [2.24, 2.45) is 0 Å². The van der Waals surface area contributed by atoms with Gasteiger partial charge in [0.05, 0.1) is 28.2 Å². The number of aryl methyl sites for hydroxylation is 1. The lowest BCUT2D eigenvalue weighted by Crippen LogP contribution is -2.19. The van der Waals surface area contributed by atoms with Crippen LogP contribution in [0.5, 0.6) is 0 Å². The standard InChI is InChI=1S/C21H23F3N6O/c1-12(2)30-19(9-13(3)29-30)28-18-10-17(15(11-26-18)21(22,23)24)27-16-8-6-5-7-14(16)20(31)25-4/h5-12H,1-4H3,(H,25,31)(H2,26,27,28). The summed E-state index contributed by atoms with van der Waals surface area (Å²) >= 11 is 0. The van der Waals surface area contributed by atoms with Crippen LogP contribution in [-0.4, -0.2) is 27.7 Å². The van der Waals surface area contributed by atoms with Crippen molar-refractivity contribution in [3.8, 4) is 0 Å². The van der Waals surface area contributed by atoms with E-state index in [1.165, 1.54) is 25.2 Å². The molecule has 3 N–H and O–H groups in total. The van der Waals surface area contributed by atoms with Gasteiger partial charge in [-0.2, -0.15) is 18.3 Å². The van der Waals surface area contributed by atoms with Gasteiger partial charge in [0.25, 0.3) is 5.91 Å². The Morgan fingerprint density at radius 1 is 1.10 bits per heavy atom. The summed E-state index contributed by atoms with van der Waals surface area (Å²) in [6.07, 6.45) is -3.87. The number of anilines is 4. The van der Waals surface area contributed by atoms with Crippen LogP contribution in [0.15, 0.2) is 42.6 Å². The zero-order chi connectivity index (χ0) is 22.8. The molecule has 0 spiro atoms. The quantitative estimate of drug-likeness (QED) is 0.509. The Kier molecular flexibility index (Phi) is 6.19. The molecular weight excluding hydrogens is 409 g/mol. The first-order valence-corrected chi connectivity index (χ1v) is 9.58. The fraction of sp³-hybridized carbons (Fsp3) is 0.286. The molecule has 164 valence electrons. The number of pyridine rings is 1. The van der Waals surface area contributed by atoms with Crippen LogP contribution in [0.1, 0.15) is 41.5 Å². The van der Waals surface area contributed by atoms with Gasteiger partial charge in [0.2, 0.25) is 0 Å². The van der Waals surface area contributed by atoms with Crippen molar-refractivity contribution in [2.75, 3.05) is 17.7 Å². The first kappa shape index (κ1) is 22.1. The van der Waals surface area contributed by atoms with Crippen LogP contribution in [-0.2, 0) is 6.18 Å². The second-order valence-corrected chi connectivity index (χ2v) is 7.20. The summed E-state index contributed by atoms with van der Waals surface area (Å²) in [5, 5.41) is 12.6. The van der Waals surface area contributed by atoms with E-state index in [9.17, 15) is 18.0 Å². The number of carbonyl (C=O) groups excluding carboxylic acids is 1. The van der Waals surface area contributed by atoms with Crippen LogP contribution in [0.2, 0.25) is 0 Å². The number of alkyl halides is 3. The van der Waals surface area contributed by atoms with Crippen LogP contribution >= 0.6 is 0 Å². The Labute approximate surface area is 177 Å². The van der Waals surface area contributed by atoms with Crippen LogP contribution in [0.25, 0.3) is 0 Å². The topological polar surface area (TPSA) is 83.9 Å². The molecule has 2 aromatic heterocycles. The molecule has 0 atom stereocenters. The molecule has 0 bridgehead atoms. The highest BCUT2D eigenvalue weighted by atomic mass is 19.4. The molecule has 2 heterocycles. The maximum atomic E-state index is 13.6. The molecule has 0 saturated carbocycles. The average molecular weight is 432 g/mol. The van der Waals surface area contributed by atoms with E-state index in [0.29, 0.717) is 5.82 Å². The molecule has 0 fully saturated rings. The van der Waals surface area contributed by atoms with Gasteiger partial charge in [-0.15, -0.1) is 0 Å². The second-order valence-electron chi connectivity index (χ2n) is 7.20. The van der Waals surface area contributed by atoms with E-state index in [4.69, 9.17) is 0 Å². The maximum absolute atomic E-state index is 13.6. The number of aromatic nitrogens is 3. The molecule has 1 aromatic carbocycles. The van der Waals surface area contributed by atoms with Crippen molar-refractivity contribution >= 4 is 28.9 Å². The lowest BCUT2D eigenvalue weighted by Gasteiger charge is -2.18. The molecule has 3 rings (SSSR count). The summed E-state index contributed by atoms with van der Waals surface area (Å²) in [5.74, 6) is 0.395. The fourth-order valence-corrected chi connectivity index (χ4v) is 3.06. The monoisotopic (exact) mass is 432 g/mol. The smallest absolute Gasteiger partial charge is 0.355 e. The van der Waals surface area contributed by atoms with Crippen LogP contribution in [0.4, 0.5) is 36.2 Å². The largest absolute Gasteiger partial charge is 0.419 e. The van der Waals surface area contributed by atoms with E-state index in [-0.39, 0.29) is 28.8 Å². The van der Waals surface area contributed by atoms with Gasteiger partial charge in [0.15, 0.2) is 0 Å². The first-order valence-electron chi connectivity index (χ1n) is 9.58. The van der Waals surface area contributed by atoms with Crippen LogP contribution < -0.4 is 16.0 Å². The van der Waals surface area contributed by atoms with E-state index in [0.717, 1.165) is 11.9 Å². The summed E-state index contributed by atoms with van der Waals surface area (Å²) in [6, 6.07) is 9.42. The third-order valence-electron chi connectivity index (χ3n) is 4.48. The zero-order valence-corrected chi connectivity index (χ0v) is 17.5. The Hall–Kier alpha value is -3.56. The Balaban J connectivity index is 2.03. The molecule has 0 aliphatic rings. The highest BCUT2D eigenvalue weighted by Crippen LogP contribution is 2.37. The third kappa shape index (κ3) is 4.96. The Bertz CT molecular complexity index is 1090. The molecule has 0 radical (unpaired) electrons. The number of hydrogen-bond acceptors (Lipinski definition) is 5. The second kappa shape index (κ2) is 8.66. The predicted octanol–water partition coefficient (Wildman–Crippen LogP) is 5.03. The Morgan fingerprint density at radius 2 is 1.81 bits per heavy atom. The molecule has 31 heavy (non-hydrogen) atoms.